The number of ketones is 1. The largest absolute Gasteiger partial charge is 0.381 e. The van der Waals surface area contributed by atoms with Gasteiger partial charge in [-0.3, -0.25) is 4.79 Å². The molecule has 3 rings (SSSR count). The third kappa shape index (κ3) is 4.16. The van der Waals surface area contributed by atoms with Crippen molar-refractivity contribution in [2.45, 2.75) is 77.7 Å². The third-order valence-electron chi connectivity index (χ3n) is 6.69. The van der Waals surface area contributed by atoms with Crippen molar-refractivity contribution in [1.82, 2.24) is 0 Å². The first-order valence-electron chi connectivity index (χ1n) is 10.3. The van der Waals surface area contributed by atoms with Crippen LogP contribution in [0.15, 0.2) is 18.2 Å². The Kier molecular flexibility index (Phi) is 6.33. The van der Waals surface area contributed by atoms with Crippen LogP contribution in [0, 0.1) is 24.7 Å². The fraction of sp³-hybridized carbons (Fsp3) is 0.696. The van der Waals surface area contributed by atoms with Crippen LogP contribution < -0.4 is 0 Å². The topological polar surface area (TPSA) is 26.3 Å². The summed E-state index contributed by atoms with van der Waals surface area (Å²) >= 11 is 0. The van der Waals surface area contributed by atoms with E-state index in [9.17, 15) is 4.79 Å². The van der Waals surface area contributed by atoms with Gasteiger partial charge in [0.15, 0.2) is 0 Å². The lowest BCUT2D eigenvalue weighted by atomic mass is 9.73. The van der Waals surface area contributed by atoms with Crippen LogP contribution in [0.2, 0.25) is 0 Å². The zero-order chi connectivity index (χ0) is 17.8. The summed E-state index contributed by atoms with van der Waals surface area (Å²) in [6.07, 6.45) is 10.3. The van der Waals surface area contributed by atoms with Crippen molar-refractivity contribution in [2.75, 3.05) is 7.11 Å². The van der Waals surface area contributed by atoms with E-state index in [1.165, 1.54) is 36.0 Å². The minimum Gasteiger partial charge on any atom is -0.381 e. The number of methoxy groups -OCH3 is 1. The van der Waals surface area contributed by atoms with Crippen LogP contribution in [-0.2, 0) is 22.4 Å². The first kappa shape index (κ1) is 18.6. The zero-order valence-electron chi connectivity index (χ0n) is 16.2. The molecule has 1 saturated carbocycles. The van der Waals surface area contributed by atoms with Gasteiger partial charge in [-0.1, -0.05) is 44.4 Å². The van der Waals surface area contributed by atoms with Crippen molar-refractivity contribution in [3.63, 3.8) is 0 Å². The van der Waals surface area contributed by atoms with Gasteiger partial charge in [0.25, 0.3) is 0 Å². The van der Waals surface area contributed by atoms with Gasteiger partial charge in [-0.05, 0) is 67.6 Å². The van der Waals surface area contributed by atoms with Gasteiger partial charge >= 0.3 is 0 Å². The molecule has 0 aliphatic heterocycles. The fourth-order valence-electron chi connectivity index (χ4n) is 5.17. The number of rotatable bonds is 8. The highest BCUT2D eigenvalue weighted by molar-refractivity contribution is 5.84. The van der Waals surface area contributed by atoms with Crippen molar-refractivity contribution in [3.8, 4) is 0 Å². The minimum absolute atomic E-state index is 0.266. The van der Waals surface area contributed by atoms with Crippen LogP contribution >= 0.6 is 0 Å². The van der Waals surface area contributed by atoms with E-state index in [4.69, 9.17) is 4.74 Å². The molecule has 2 aliphatic carbocycles. The standard InChI is InChI=1S/C23H34O2/c1-4-5-6-10-19(25-3)11-12-20-22-13-17-9-7-8-16(2)21(17)14-18(22)15-23(20)24/h7-9,18-20,22H,4-6,10-15H2,1-3H3/t18-,19-,20-,22-/m0/s1. The lowest BCUT2D eigenvalue weighted by molar-refractivity contribution is -0.121. The Morgan fingerprint density at radius 2 is 2.00 bits per heavy atom. The third-order valence-corrected chi connectivity index (χ3v) is 6.69. The molecule has 2 heteroatoms. The molecular formula is C23H34O2. The smallest absolute Gasteiger partial charge is 0.136 e. The molecule has 25 heavy (non-hydrogen) atoms. The van der Waals surface area contributed by atoms with Gasteiger partial charge in [0, 0.05) is 19.4 Å². The quantitative estimate of drug-likeness (QED) is 0.600. The number of hydrogen-bond donors (Lipinski definition) is 0. The summed E-state index contributed by atoms with van der Waals surface area (Å²) in [5, 5.41) is 0. The number of aryl methyl sites for hydroxylation is 1. The van der Waals surface area contributed by atoms with Crippen molar-refractivity contribution in [2.24, 2.45) is 17.8 Å². The molecule has 0 N–H and O–H groups in total. The van der Waals surface area contributed by atoms with E-state index >= 15 is 0 Å². The van der Waals surface area contributed by atoms with Gasteiger partial charge < -0.3 is 4.74 Å². The van der Waals surface area contributed by atoms with Gasteiger partial charge in [0.1, 0.15) is 5.78 Å². The Morgan fingerprint density at radius 1 is 1.16 bits per heavy atom. The lowest BCUT2D eigenvalue weighted by Crippen LogP contribution is -2.27. The summed E-state index contributed by atoms with van der Waals surface area (Å²) in [4.78, 5) is 12.7. The van der Waals surface area contributed by atoms with Crippen LogP contribution in [0.3, 0.4) is 0 Å². The molecule has 0 saturated heterocycles. The van der Waals surface area contributed by atoms with E-state index in [0.717, 1.165) is 38.5 Å². The number of fused-ring (bicyclic) bond motifs is 2. The lowest BCUT2D eigenvalue weighted by Gasteiger charge is -2.31. The molecule has 0 radical (unpaired) electrons. The molecule has 2 nitrogen and oxygen atoms in total. The van der Waals surface area contributed by atoms with Crippen LogP contribution in [0.4, 0.5) is 0 Å². The van der Waals surface area contributed by atoms with E-state index in [0.29, 0.717) is 23.7 Å². The zero-order valence-corrected chi connectivity index (χ0v) is 16.2. The highest BCUT2D eigenvalue weighted by Gasteiger charge is 2.44. The van der Waals surface area contributed by atoms with Gasteiger partial charge in [0.2, 0.25) is 0 Å². The molecule has 1 aromatic rings. The molecule has 0 aromatic heterocycles. The monoisotopic (exact) mass is 342 g/mol. The summed E-state index contributed by atoms with van der Waals surface area (Å²) in [5.41, 5.74) is 4.42. The van der Waals surface area contributed by atoms with Gasteiger partial charge in [0.05, 0.1) is 6.10 Å². The number of ether oxygens (including phenoxy) is 1. The molecule has 0 unspecified atom stereocenters. The molecular weight excluding hydrogens is 308 g/mol. The maximum atomic E-state index is 12.7. The first-order valence-corrected chi connectivity index (χ1v) is 10.3. The predicted octanol–water partition coefficient (Wildman–Crippen LogP) is 5.29. The SMILES string of the molecule is CCCCC[C@@H](CC[C@@H]1C(=O)C[C@@H]2Cc3c(C)cccc3C[C@@H]21)OC. The van der Waals surface area contributed by atoms with E-state index < -0.39 is 0 Å². The van der Waals surface area contributed by atoms with Crippen molar-refractivity contribution in [3.05, 3.63) is 34.9 Å². The van der Waals surface area contributed by atoms with E-state index in [1.807, 2.05) is 7.11 Å². The average molecular weight is 343 g/mol. The van der Waals surface area contributed by atoms with Crippen LogP contribution in [0.1, 0.15) is 68.6 Å². The van der Waals surface area contributed by atoms with Gasteiger partial charge in [-0.2, -0.15) is 0 Å². The van der Waals surface area contributed by atoms with E-state index in [-0.39, 0.29) is 5.92 Å². The number of carbonyl (C=O) groups is 1. The highest BCUT2D eigenvalue weighted by atomic mass is 16.5. The van der Waals surface area contributed by atoms with Crippen molar-refractivity contribution >= 4 is 5.78 Å². The first-order chi connectivity index (χ1) is 12.1. The fourth-order valence-corrected chi connectivity index (χ4v) is 5.17. The molecule has 0 heterocycles. The minimum atomic E-state index is 0.266. The molecule has 1 fully saturated rings. The second-order valence-electron chi connectivity index (χ2n) is 8.25. The van der Waals surface area contributed by atoms with Gasteiger partial charge in [-0.15, -0.1) is 0 Å². The summed E-state index contributed by atoms with van der Waals surface area (Å²) in [7, 11) is 1.83. The van der Waals surface area contributed by atoms with E-state index in [1.54, 1.807) is 0 Å². The molecule has 0 spiro atoms. The molecule has 2 aliphatic rings. The van der Waals surface area contributed by atoms with E-state index in [2.05, 4.69) is 32.0 Å². The maximum absolute atomic E-state index is 12.7. The Morgan fingerprint density at radius 3 is 2.76 bits per heavy atom. The molecule has 0 amide bonds. The van der Waals surface area contributed by atoms with Gasteiger partial charge in [-0.25, -0.2) is 0 Å². The van der Waals surface area contributed by atoms with Crippen LogP contribution in [0.25, 0.3) is 0 Å². The number of unbranched alkanes of at least 4 members (excludes halogenated alkanes) is 2. The summed E-state index contributed by atoms with van der Waals surface area (Å²) in [5.74, 6) is 1.92. The number of hydrogen-bond acceptors (Lipinski definition) is 2. The molecule has 1 aromatic carbocycles. The summed E-state index contributed by atoms with van der Waals surface area (Å²) in [6.45, 7) is 4.45. The number of benzene rings is 1. The van der Waals surface area contributed by atoms with Crippen LogP contribution in [-0.4, -0.2) is 19.0 Å². The van der Waals surface area contributed by atoms with Crippen molar-refractivity contribution < 1.29 is 9.53 Å². The Balaban J connectivity index is 1.62. The second kappa shape index (κ2) is 8.49. The molecule has 0 bridgehead atoms. The predicted molar refractivity (Wildman–Crippen MR) is 103 cm³/mol. The summed E-state index contributed by atoms with van der Waals surface area (Å²) in [6, 6.07) is 6.67. The number of carbonyl (C=O) groups excluding carboxylic acids is 1. The Labute approximate surface area is 153 Å². The maximum Gasteiger partial charge on any atom is 0.136 e. The van der Waals surface area contributed by atoms with Crippen molar-refractivity contribution in [1.29, 1.82) is 0 Å². The van der Waals surface area contributed by atoms with Crippen LogP contribution in [0.5, 0.6) is 0 Å². The second-order valence-corrected chi connectivity index (χ2v) is 8.25. The summed E-state index contributed by atoms with van der Waals surface area (Å²) < 4.78 is 5.69. The average Bonchev–Trinajstić information content (AvgIpc) is 2.91. The number of Topliss-reactive ketones (excluding diaryl/α,β-unsaturated/α-hetero) is 1. The normalized spacial score (nSPS) is 26.4. The molecule has 138 valence electrons. The molecule has 4 atom stereocenters. The Hall–Kier alpha value is -1.15. The highest BCUT2D eigenvalue weighted by Crippen LogP contribution is 2.45. The Bertz CT molecular complexity index is 592.